The fraction of sp³-hybridized carbons (Fsp3) is 0.643. The first-order chi connectivity index (χ1) is 10.5. The second-order valence-electron chi connectivity index (χ2n) is 5.55. The summed E-state index contributed by atoms with van der Waals surface area (Å²) in [7, 11) is 1.94. The first-order valence-corrected chi connectivity index (χ1v) is 8.56. The summed E-state index contributed by atoms with van der Waals surface area (Å²) in [5.41, 5.74) is 6.19. The molecule has 0 unspecified atom stereocenters. The Morgan fingerprint density at radius 2 is 2.32 bits per heavy atom. The van der Waals surface area contributed by atoms with Gasteiger partial charge in [-0.25, -0.2) is 4.98 Å². The molecule has 1 aliphatic rings. The molecule has 0 bridgehead atoms. The average molecular weight is 325 g/mol. The summed E-state index contributed by atoms with van der Waals surface area (Å²) in [6, 6.07) is 0. The van der Waals surface area contributed by atoms with Crippen LogP contribution in [0.2, 0.25) is 0 Å². The van der Waals surface area contributed by atoms with Gasteiger partial charge >= 0.3 is 0 Å². The van der Waals surface area contributed by atoms with Gasteiger partial charge in [-0.2, -0.15) is 0 Å². The smallest absolute Gasteiger partial charge is 0.231 e. The summed E-state index contributed by atoms with van der Waals surface area (Å²) in [6.07, 6.45) is 5.52. The van der Waals surface area contributed by atoms with Crippen LogP contribution in [0.1, 0.15) is 18.5 Å². The number of nitrogens with two attached hydrogens (primary N) is 1. The van der Waals surface area contributed by atoms with Crippen molar-refractivity contribution in [2.75, 3.05) is 25.9 Å². The molecule has 1 saturated heterocycles. The molecule has 122 valence electrons. The average Bonchev–Trinajstić information content (AvgIpc) is 2.84. The Morgan fingerprint density at radius 3 is 2.95 bits per heavy atom. The normalized spacial score (nSPS) is 19.1. The van der Waals surface area contributed by atoms with Gasteiger partial charge in [-0.1, -0.05) is 11.8 Å². The highest BCUT2D eigenvalue weighted by Crippen LogP contribution is 2.17. The van der Waals surface area contributed by atoms with E-state index in [-0.39, 0.29) is 24.3 Å². The summed E-state index contributed by atoms with van der Waals surface area (Å²) in [4.78, 5) is 29.5. The number of amides is 2. The van der Waals surface area contributed by atoms with Crippen molar-refractivity contribution in [3.8, 4) is 0 Å². The topological polar surface area (TPSA) is 93.2 Å². The predicted octanol–water partition coefficient (Wildman–Crippen LogP) is -0.0445. The van der Waals surface area contributed by atoms with Crippen molar-refractivity contribution < 1.29 is 9.59 Å². The van der Waals surface area contributed by atoms with E-state index in [4.69, 9.17) is 5.73 Å². The Morgan fingerprint density at radius 1 is 1.55 bits per heavy atom. The van der Waals surface area contributed by atoms with Gasteiger partial charge in [0.15, 0.2) is 5.16 Å². The first kappa shape index (κ1) is 16.8. The van der Waals surface area contributed by atoms with Crippen LogP contribution in [-0.2, 0) is 23.2 Å². The lowest BCUT2D eigenvalue weighted by Gasteiger charge is -2.30. The van der Waals surface area contributed by atoms with E-state index in [2.05, 4.69) is 10.3 Å². The van der Waals surface area contributed by atoms with Crippen molar-refractivity contribution in [1.29, 1.82) is 0 Å². The van der Waals surface area contributed by atoms with E-state index >= 15 is 0 Å². The van der Waals surface area contributed by atoms with Crippen LogP contribution in [0, 0.1) is 5.92 Å². The molecule has 2 heterocycles. The highest BCUT2D eigenvalue weighted by molar-refractivity contribution is 7.98. The van der Waals surface area contributed by atoms with Crippen LogP contribution in [0.3, 0.4) is 0 Å². The maximum Gasteiger partial charge on any atom is 0.231 e. The second kappa shape index (κ2) is 7.64. The van der Waals surface area contributed by atoms with Gasteiger partial charge in [-0.3, -0.25) is 14.5 Å². The van der Waals surface area contributed by atoms with Crippen LogP contribution in [-0.4, -0.2) is 52.2 Å². The molecule has 1 fully saturated rings. The van der Waals surface area contributed by atoms with Gasteiger partial charge in [0, 0.05) is 13.6 Å². The molecule has 1 atom stereocenters. The molecule has 0 radical (unpaired) electrons. The van der Waals surface area contributed by atoms with E-state index in [1.165, 1.54) is 0 Å². The van der Waals surface area contributed by atoms with Crippen molar-refractivity contribution in [1.82, 2.24) is 19.8 Å². The van der Waals surface area contributed by atoms with Gasteiger partial charge in [-0.15, -0.1) is 0 Å². The van der Waals surface area contributed by atoms with Crippen molar-refractivity contribution >= 4 is 23.6 Å². The maximum absolute atomic E-state index is 12.3. The number of aromatic nitrogens is 2. The van der Waals surface area contributed by atoms with Gasteiger partial charge in [0.2, 0.25) is 11.8 Å². The third kappa shape index (κ3) is 4.23. The second-order valence-corrected chi connectivity index (χ2v) is 6.33. The lowest BCUT2D eigenvalue weighted by atomic mass is 9.97. The van der Waals surface area contributed by atoms with Gasteiger partial charge in [0.05, 0.1) is 30.9 Å². The van der Waals surface area contributed by atoms with Gasteiger partial charge in [-0.05, 0) is 25.6 Å². The van der Waals surface area contributed by atoms with E-state index < -0.39 is 0 Å². The number of hydrogen-bond donors (Lipinski definition) is 2. The molecule has 0 aliphatic carbocycles. The molecule has 7 nitrogen and oxygen atoms in total. The summed E-state index contributed by atoms with van der Waals surface area (Å²) in [5.74, 6) is -0.400. The quantitative estimate of drug-likeness (QED) is 0.716. The van der Waals surface area contributed by atoms with Crippen LogP contribution >= 0.6 is 11.8 Å². The molecular weight excluding hydrogens is 302 g/mol. The van der Waals surface area contributed by atoms with Gasteiger partial charge < -0.3 is 15.6 Å². The zero-order valence-corrected chi connectivity index (χ0v) is 13.9. The van der Waals surface area contributed by atoms with E-state index in [0.29, 0.717) is 13.1 Å². The lowest BCUT2D eigenvalue weighted by molar-refractivity contribution is -0.128. The monoisotopic (exact) mass is 325 g/mol. The van der Waals surface area contributed by atoms with Gasteiger partial charge in [0.25, 0.3) is 0 Å². The Hall–Kier alpha value is -1.54. The summed E-state index contributed by atoms with van der Waals surface area (Å²) >= 11 is 1.57. The Labute approximate surface area is 134 Å². The molecule has 0 spiro atoms. The Bertz CT molecular complexity index is 545. The minimum Gasteiger partial charge on any atom is -0.369 e. The summed E-state index contributed by atoms with van der Waals surface area (Å²) in [5, 5.41) is 3.89. The third-order valence-electron chi connectivity index (χ3n) is 3.92. The zero-order chi connectivity index (χ0) is 16.1. The Kier molecular flexibility index (Phi) is 5.84. The number of carbonyl (C=O) groups is 2. The number of likely N-dealkylation sites (tertiary alicyclic amines) is 1. The van der Waals surface area contributed by atoms with Crippen molar-refractivity contribution in [3.63, 3.8) is 0 Å². The molecule has 3 N–H and O–H groups in total. The van der Waals surface area contributed by atoms with E-state index in [1.54, 1.807) is 18.0 Å². The molecule has 0 saturated carbocycles. The molecule has 0 aromatic carbocycles. The number of nitrogens with one attached hydrogen (secondary N) is 1. The fourth-order valence-electron chi connectivity index (χ4n) is 2.74. The fourth-order valence-corrected chi connectivity index (χ4v) is 3.28. The van der Waals surface area contributed by atoms with E-state index in [0.717, 1.165) is 30.2 Å². The van der Waals surface area contributed by atoms with E-state index in [1.807, 2.05) is 22.8 Å². The molecule has 1 aliphatic heterocycles. The van der Waals surface area contributed by atoms with Crippen molar-refractivity contribution in [2.24, 2.45) is 18.7 Å². The molecule has 22 heavy (non-hydrogen) atoms. The van der Waals surface area contributed by atoms with Crippen LogP contribution in [0.4, 0.5) is 0 Å². The van der Waals surface area contributed by atoms with Crippen LogP contribution in [0.25, 0.3) is 0 Å². The highest BCUT2D eigenvalue weighted by Gasteiger charge is 2.26. The first-order valence-electron chi connectivity index (χ1n) is 7.34. The zero-order valence-electron chi connectivity index (χ0n) is 13.0. The minimum absolute atomic E-state index is 0.0288. The van der Waals surface area contributed by atoms with E-state index in [9.17, 15) is 9.59 Å². The summed E-state index contributed by atoms with van der Waals surface area (Å²) in [6.45, 7) is 2.11. The number of primary amides is 1. The maximum atomic E-state index is 12.3. The van der Waals surface area contributed by atoms with Crippen LogP contribution in [0.5, 0.6) is 0 Å². The molecule has 1 aromatic rings. The summed E-state index contributed by atoms with van der Waals surface area (Å²) < 4.78 is 1.98. The van der Waals surface area contributed by atoms with Crippen molar-refractivity contribution in [3.05, 3.63) is 11.9 Å². The molecule has 1 aromatic heterocycles. The third-order valence-corrected chi connectivity index (χ3v) is 4.67. The Balaban J connectivity index is 1.86. The SMILES string of the molecule is CSc1ncc(CNC(=O)[C@H]2CCCN(CC(N)=O)C2)n1C. The minimum atomic E-state index is -0.347. The standard InChI is InChI=1S/C14H23N5O2S/c1-18-11(7-17-14(18)22-2)6-16-13(21)10-4-3-5-19(8-10)9-12(15)20/h7,10H,3-6,8-9H2,1-2H3,(H2,15,20)(H,16,21)/t10-/m0/s1. The number of imidazole rings is 1. The number of piperidine rings is 1. The molecular formula is C14H23N5O2S. The number of nitrogens with zero attached hydrogens (tertiary/aromatic N) is 3. The predicted molar refractivity (Wildman–Crippen MR) is 85.2 cm³/mol. The van der Waals surface area contributed by atoms with Crippen molar-refractivity contribution in [2.45, 2.75) is 24.5 Å². The number of carbonyl (C=O) groups excluding carboxylic acids is 2. The largest absolute Gasteiger partial charge is 0.369 e. The van der Waals surface area contributed by atoms with Gasteiger partial charge in [0.1, 0.15) is 0 Å². The number of thioether (sulfide) groups is 1. The van der Waals surface area contributed by atoms with Crippen LogP contribution in [0.15, 0.2) is 11.4 Å². The number of rotatable bonds is 6. The molecule has 2 rings (SSSR count). The lowest BCUT2D eigenvalue weighted by Crippen LogP contribution is -2.45. The highest BCUT2D eigenvalue weighted by atomic mass is 32.2. The number of hydrogen-bond acceptors (Lipinski definition) is 5. The molecule has 2 amide bonds. The van der Waals surface area contributed by atoms with Crippen LogP contribution < -0.4 is 11.1 Å². The molecule has 8 heteroatoms.